The van der Waals surface area contributed by atoms with Gasteiger partial charge in [-0.25, -0.2) is 4.98 Å². The second kappa shape index (κ2) is 8.70. The van der Waals surface area contributed by atoms with E-state index in [2.05, 4.69) is 45.2 Å². The van der Waals surface area contributed by atoms with Gasteiger partial charge in [-0.1, -0.05) is 5.16 Å². The van der Waals surface area contributed by atoms with Crippen LogP contribution in [0, 0.1) is 0 Å². The number of halogens is 1. The van der Waals surface area contributed by atoms with Gasteiger partial charge in [-0.15, -0.1) is 0 Å². The lowest BCUT2D eigenvalue weighted by Crippen LogP contribution is -2.05. The standard InChI is InChI=1S/C24H26BrN5O3/c1-13(2)30-17-9-10-26-24(27-12-15-7-8-16(31-3)11-18(15)32-4)19(17)21(28-30)22-20(25)23(33-29-22)14-5-6-14/h7-11,13-14H,5-6,12H2,1-4H3,(H,26,27). The van der Waals surface area contributed by atoms with Crippen LogP contribution in [0.5, 0.6) is 11.5 Å². The summed E-state index contributed by atoms with van der Waals surface area (Å²) in [5, 5.41) is 13.7. The van der Waals surface area contributed by atoms with E-state index in [1.54, 1.807) is 20.4 Å². The SMILES string of the molecule is COc1ccc(CNc2nccc3c2c(-c2noc(C4CC4)c2Br)nn3C(C)C)c(OC)c1. The molecule has 0 aliphatic heterocycles. The molecule has 1 saturated carbocycles. The average Bonchev–Trinajstić information content (AvgIpc) is 3.48. The smallest absolute Gasteiger partial charge is 0.154 e. The van der Waals surface area contributed by atoms with E-state index in [1.807, 2.05) is 28.9 Å². The maximum absolute atomic E-state index is 5.70. The first-order valence-corrected chi connectivity index (χ1v) is 11.8. The van der Waals surface area contributed by atoms with Gasteiger partial charge in [-0.05, 0) is 60.8 Å². The second-order valence-corrected chi connectivity index (χ2v) is 9.25. The minimum atomic E-state index is 0.173. The van der Waals surface area contributed by atoms with Gasteiger partial charge in [0.15, 0.2) is 5.76 Å². The third-order valence-corrected chi connectivity index (χ3v) is 6.65. The molecule has 0 amide bonds. The molecule has 4 aromatic rings. The van der Waals surface area contributed by atoms with Gasteiger partial charge >= 0.3 is 0 Å². The van der Waals surface area contributed by atoms with Crippen LogP contribution in [0.2, 0.25) is 0 Å². The summed E-state index contributed by atoms with van der Waals surface area (Å²) in [5.41, 5.74) is 3.44. The maximum Gasteiger partial charge on any atom is 0.154 e. The Morgan fingerprint density at radius 1 is 1.18 bits per heavy atom. The van der Waals surface area contributed by atoms with Crippen LogP contribution in [0.4, 0.5) is 5.82 Å². The molecule has 3 heterocycles. The molecule has 1 aliphatic carbocycles. The molecule has 0 radical (unpaired) electrons. The molecule has 0 atom stereocenters. The fourth-order valence-electron chi connectivity index (χ4n) is 4.00. The zero-order valence-electron chi connectivity index (χ0n) is 19.1. The second-order valence-electron chi connectivity index (χ2n) is 8.46. The minimum absolute atomic E-state index is 0.173. The van der Waals surface area contributed by atoms with E-state index in [0.717, 1.165) is 62.6 Å². The zero-order chi connectivity index (χ0) is 23.1. The van der Waals surface area contributed by atoms with E-state index in [9.17, 15) is 0 Å². The van der Waals surface area contributed by atoms with Gasteiger partial charge < -0.3 is 19.3 Å². The summed E-state index contributed by atoms with van der Waals surface area (Å²) in [5.74, 6) is 3.57. The van der Waals surface area contributed by atoms with Crippen molar-refractivity contribution in [2.75, 3.05) is 19.5 Å². The van der Waals surface area contributed by atoms with Crippen LogP contribution in [0.3, 0.4) is 0 Å². The number of aromatic nitrogens is 4. The summed E-state index contributed by atoms with van der Waals surface area (Å²) in [6.45, 7) is 4.75. The van der Waals surface area contributed by atoms with E-state index in [1.165, 1.54) is 0 Å². The van der Waals surface area contributed by atoms with Gasteiger partial charge in [0.1, 0.15) is 28.7 Å². The molecule has 0 spiro atoms. The number of nitrogens with one attached hydrogen (secondary N) is 1. The minimum Gasteiger partial charge on any atom is -0.497 e. The van der Waals surface area contributed by atoms with Crippen LogP contribution < -0.4 is 14.8 Å². The van der Waals surface area contributed by atoms with E-state index in [0.29, 0.717) is 18.2 Å². The first kappa shape index (κ1) is 21.8. The molecule has 8 nitrogen and oxygen atoms in total. The van der Waals surface area contributed by atoms with Crippen molar-refractivity contribution in [1.82, 2.24) is 19.9 Å². The Kier molecular flexibility index (Phi) is 5.74. The first-order valence-electron chi connectivity index (χ1n) is 11.0. The monoisotopic (exact) mass is 511 g/mol. The normalized spacial score (nSPS) is 13.6. The molecular weight excluding hydrogens is 486 g/mol. The Morgan fingerprint density at radius 3 is 2.70 bits per heavy atom. The summed E-state index contributed by atoms with van der Waals surface area (Å²) < 4.78 is 19.4. The summed E-state index contributed by atoms with van der Waals surface area (Å²) >= 11 is 3.72. The number of anilines is 1. The zero-order valence-corrected chi connectivity index (χ0v) is 20.6. The third kappa shape index (κ3) is 3.94. The molecule has 1 aromatic carbocycles. The number of methoxy groups -OCH3 is 2. The predicted octanol–water partition coefficient (Wildman–Crippen LogP) is 5.94. The van der Waals surface area contributed by atoms with Gasteiger partial charge in [0, 0.05) is 36.3 Å². The maximum atomic E-state index is 5.70. The highest BCUT2D eigenvalue weighted by Gasteiger charge is 2.33. The molecule has 5 rings (SSSR count). The summed E-state index contributed by atoms with van der Waals surface area (Å²) in [6.07, 6.45) is 4.06. The van der Waals surface area contributed by atoms with Crippen LogP contribution in [-0.4, -0.2) is 34.1 Å². The number of benzene rings is 1. The summed E-state index contributed by atoms with van der Waals surface area (Å²) in [7, 11) is 3.30. The molecule has 0 unspecified atom stereocenters. The summed E-state index contributed by atoms with van der Waals surface area (Å²) in [6, 6.07) is 7.94. The third-order valence-electron chi connectivity index (χ3n) is 5.88. The van der Waals surface area contributed by atoms with Crippen LogP contribution in [-0.2, 0) is 6.54 Å². The van der Waals surface area contributed by atoms with Crippen molar-refractivity contribution in [3.8, 4) is 22.9 Å². The quantitative estimate of drug-likeness (QED) is 0.313. The summed E-state index contributed by atoms with van der Waals surface area (Å²) in [4.78, 5) is 4.65. The van der Waals surface area contributed by atoms with Gasteiger partial charge in [-0.2, -0.15) is 5.10 Å². The Labute approximate surface area is 200 Å². The van der Waals surface area contributed by atoms with Crippen molar-refractivity contribution >= 4 is 32.7 Å². The predicted molar refractivity (Wildman–Crippen MR) is 130 cm³/mol. The number of pyridine rings is 1. The highest BCUT2D eigenvalue weighted by molar-refractivity contribution is 9.10. The molecule has 3 aromatic heterocycles. The Balaban J connectivity index is 1.57. The van der Waals surface area contributed by atoms with Crippen LogP contribution in [0.15, 0.2) is 39.5 Å². The van der Waals surface area contributed by atoms with Crippen molar-refractivity contribution in [1.29, 1.82) is 0 Å². The number of hydrogen-bond donors (Lipinski definition) is 1. The van der Waals surface area contributed by atoms with E-state index >= 15 is 0 Å². The lowest BCUT2D eigenvalue weighted by atomic mass is 10.1. The average molecular weight is 512 g/mol. The van der Waals surface area contributed by atoms with Crippen molar-refractivity contribution < 1.29 is 14.0 Å². The number of fused-ring (bicyclic) bond motifs is 1. The van der Waals surface area contributed by atoms with E-state index < -0.39 is 0 Å². The highest BCUT2D eigenvalue weighted by atomic mass is 79.9. The highest BCUT2D eigenvalue weighted by Crippen LogP contribution is 2.47. The van der Waals surface area contributed by atoms with Crippen molar-refractivity contribution in [2.24, 2.45) is 0 Å². The van der Waals surface area contributed by atoms with Gasteiger partial charge in [-0.3, -0.25) is 4.68 Å². The molecular formula is C24H26BrN5O3. The molecule has 172 valence electrons. The number of hydrogen-bond acceptors (Lipinski definition) is 7. The van der Waals surface area contributed by atoms with Gasteiger partial charge in [0.05, 0.1) is 29.6 Å². The van der Waals surface area contributed by atoms with Crippen LogP contribution in [0.25, 0.3) is 22.3 Å². The Bertz CT molecular complexity index is 1310. The molecule has 1 aliphatic rings. The molecule has 1 fully saturated rings. The van der Waals surface area contributed by atoms with E-state index in [-0.39, 0.29) is 6.04 Å². The number of rotatable bonds is 8. The molecule has 0 saturated heterocycles. The van der Waals surface area contributed by atoms with Gasteiger partial charge in [0.2, 0.25) is 0 Å². The van der Waals surface area contributed by atoms with Crippen LogP contribution in [0.1, 0.15) is 50.0 Å². The Morgan fingerprint density at radius 2 is 2.00 bits per heavy atom. The van der Waals surface area contributed by atoms with E-state index in [4.69, 9.17) is 19.1 Å². The van der Waals surface area contributed by atoms with Crippen molar-refractivity contribution in [2.45, 2.75) is 45.2 Å². The number of ether oxygens (including phenoxy) is 2. The van der Waals surface area contributed by atoms with Crippen molar-refractivity contribution in [3.05, 3.63) is 46.3 Å². The first-order chi connectivity index (χ1) is 16.0. The molecule has 33 heavy (non-hydrogen) atoms. The van der Waals surface area contributed by atoms with Crippen molar-refractivity contribution in [3.63, 3.8) is 0 Å². The van der Waals surface area contributed by atoms with Crippen LogP contribution >= 0.6 is 15.9 Å². The molecule has 0 bridgehead atoms. The number of nitrogens with zero attached hydrogens (tertiary/aromatic N) is 4. The fraction of sp³-hybridized carbons (Fsp3) is 0.375. The topological polar surface area (TPSA) is 87.2 Å². The lowest BCUT2D eigenvalue weighted by Gasteiger charge is -2.12. The fourth-order valence-corrected chi connectivity index (χ4v) is 4.65. The molecule has 1 N–H and O–H groups in total. The lowest BCUT2D eigenvalue weighted by molar-refractivity contribution is 0.385. The Hall–Kier alpha value is -3.07. The largest absolute Gasteiger partial charge is 0.497 e. The van der Waals surface area contributed by atoms with Gasteiger partial charge in [0.25, 0.3) is 0 Å². The molecule has 9 heteroatoms.